The van der Waals surface area contributed by atoms with Gasteiger partial charge in [0.15, 0.2) is 0 Å². The second-order valence-electron chi connectivity index (χ2n) is 13.8. The monoisotopic (exact) mass is 713 g/mol. The van der Waals surface area contributed by atoms with Crippen LogP contribution in [0.4, 0.5) is 29.5 Å². The van der Waals surface area contributed by atoms with Crippen molar-refractivity contribution in [1.82, 2.24) is 19.8 Å². The highest BCUT2D eigenvalue weighted by atomic mass is 35.5. The Bertz CT molecular complexity index is 1810. The molecule has 3 aromatic rings. The summed E-state index contributed by atoms with van der Waals surface area (Å²) in [6.45, 7) is 7.14. The van der Waals surface area contributed by atoms with Crippen LogP contribution in [0.25, 0.3) is 10.8 Å². The van der Waals surface area contributed by atoms with E-state index < -0.39 is 35.9 Å². The zero-order valence-corrected chi connectivity index (χ0v) is 28.9. The van der Waals surface area contributed by atoms with Gasteiger partial charge >= 0.3 is 24.2 Å². The number of benzene rings is 2. The van der Waals surface area contributed by atoms with Gasteiger partial charge in [-0.2, -0.15) is 28.4 Å². The lowest BCUT2D eigenvalue weighted by Crippen LogP contribution is -2.56. The van der Waals surface area contributed by atoms with Crippen molar-refractivity contribution < 1.29 is 32.2 Å². The van der Waals surface area contributed by atoms with Gasteiger partial charge in [0.25, 0.3) is 0 Å². The number of likely N-dealkylation sites (tertiary alicyclic amines) is 1. The lowest BCUT2D eigenvalue weighted by Gasteiger charge is -2.42. The van der Waals surface area contributed by atoms with Crippen molar-refractivity contribution in [2.45, 2.75) is 76.9 Å². The van der Waals surface area contributed by atoms with Crippen LogP contribution in [-0.4, -0.2) is 95.0 Å². The quantitative estimate of drug-likeness (QED) is 0.298. The minimum Gasteiger partial charge on any atom is -0.461 e. The van der Waals surface area contributed by atoms with E-state index in [9.17, 15) is 28.0 Å². The molecule has 2 atom stereocenters. The number of ether oxygens (including phenoxy) is 2. The van der Waals surface area contributed by atoms with E-state index in [-0.39, 0.29) is 32.1 Å². The van der Waals surface area contributed by atoms with Crippen molar-refractivity contribution in [3.63, 3.8) is 0 Å². The number of amides is 2. The Hall–Kier alpha value is -4.51. The second kappa shape index (κ2) is 14.0. The summed E-state index contributed by atoms with van der Waals surface area (Å²) < 4.78 is 51.5. The summed E-state index contributed by atoms with van der Waals surface area (Å²) in [5.41, 5.74) is 1.80. The van der Waals surface area contributed by atoms with Crippen molar-refractivity contribution in [3.8, 4) is 12.1 Å². The molecule has 11 nitrogen and oxygen atoms in total. The number of carbonyl (C=O) groups is 2. The summed E-state index contributed by atoms with van der Waals surface area (Å²) in [5.74, 6) is -1.30. The smallest absolute Gasteiger partial charge is 0.461 e. The van der Waals surface area contributed by atoms with Gasteiger partial charge in [-0.1, -0.05) is 35.9 Å². The van der Waals surface area contributed by atoms with Crippen LogP contribution in [0, 0.1) is 11.3 Å². The molecule has 0 spiro atoms. The van der Waals surface area contributed by atoms with Crippen molar-refractivity contribution in [2.24, 2.45) is 0 Å². The third-order valence-electron chi connectivity index (χ3n) is 9.22. The van der Waals surface area contributed by atoms with Gasteiger partial charge in [0.2, 0.25) is 0 Å². The third-order valence-corrected chi connectivity index (χ3v) is 9.53. The first kappa shape index (κ1) is 35.3. The molecule has 2 amide bonds. The number of piperazine rings is 1. The number of halogens is 4. The van der Waals surface area contributed by atoms with Gasteiger partial charge in [-0.25, -0.2) is 4.79 Å². The molecule has 0 N–H and O–H groups in total. The minimum absolute atomic E-state index is 0.00652. The number of alkyl halides is 3. The molecule has 2 fully saturated rings. The molecule has 50 heavy (non-hydrogen) atoms. The Labute approximate surface area is 293 Å². The van der Waals surface area contributed by atoms with Gasteiger partial charge < -0.3 is 29.1 Å². The largest absolute Gasteiger partial charge is 0.471 e. The Morgan fingerprint density at radius 1 is 1.00 bits per heavy atom. The zero-order valence-electron chi connectivity index (χ0n) is 28.2. The maximum atomic E-state index is 13.3. The van der Waals surface area contributed by atoms with E-state index in [1.54, 1.807) is 25.7 Å². The molecule has 3 aliphatic rings. The predicted octanol–water partition coefficient (Wildman–Crippen LogP) is 6.12. The number of hydrogen-bond donors (Lipinski definition) is 0. The molecule has 1 aromatic heterocycles. The van der Waals surface area contributed by atoms with Gasteiger partial charge in [-0.05, 0) is 57.6 Å². The van der Waals surface area contributed by atoms with Crippen molar-refractivity contribution in [3.05, 3.63) is 52.7 Å². The molecule has 2 saturated heterocycles. The molecule has 4 heterocycles. The van der Waals surface area contributed by atoms with E-state index in [2.05, 4.69) is 11.0 Å². The second-order valence-corrected chi connectivity index (χ2v) is 14.2. The fourth-order valence-corrected chi connectivity index (χ4v) is 7.24. The number of aromatic nitrogens is 2. The van der Waals surface area contributed by atoms with Crippen LogP contribution in [-0.2, 0) is 22.5 Å². The van der Waals surface area contributed by atoms with Crippen molar-refractivity contribution in [1.29, 1.82) is 5.26 Å². The van der Waals surface area contributed by atoms with E-state index in [0.717, 1.165) is 26.9 Å². The van der Waals surface area contributed by atoms with E-state index >= 15 is 0 Å². The van der Waals surface area contributed by atoms with Crippen LogP contribution in [0.3, 0.4) is 0 Å². The molecule has 0 bridgehead atoms. The van der Waals surface area contributed by atoms with E-state index in [4.69, 9.17) is 31.0 Å². The molecule has 6 rings (SSSR count). The summed E-state index contributed by atoms with van der Waals surface area (Å²) in [6.07, 6.45) is -4.04. The van der Waals surface area contributed by atoms with Gasteiger partial charge in [-0.15, -0.1) is 0 Å². The Balaban J connectivity index is 1.32. The maximum absolute atomic E-state index is 13.3. The zero-order chi connectivity index (χ0) is 35.8. The Morgan fingerprint density at radius 3 is 2.48 bits per heavy atom. The Morgan fingerprint density at radius 2 is 1.76 bits per heavy atom. The molecule has 0 saturated carbocycles. The normalized spacial score (nSPS) is 19.7. The summed E-state index contributed by atoms with van der Waals surface area (Å²) in [6, 6.07) is 12.6. The van der Waals surface area contributed by atoms with Gasteiger partial charge in [0, 0.05) is 49.4 Å². The number of nitriles is 1. The Kier molecular flexibility index (Phi) is 9.90. The van der Waals surface area contributed by atoms with E-state index in [1.807, 2.05) is 41.3 Å². The average molecular weight is 714 g/mol. The highest BCUT2D eigenvalue weighted by Gasteiger charge is 2.46. The van der Waals surface area contributed by atoms with Gasteiger partial charge in [0.05, 0.1) is 41.8 Å². The molecule has 266 valence electrons. The number of nitrogens with zero attached hydrogens (tertiary/aromatic N) is 7. The lowest BCUT2D eigenvalue weighted by atomic mass is 10.0. The predicted molar refractivity (Wildman–Crippen MR) is 181 cm³/mol. The summed E-state index contributed by atoms with van der Waals surface area (Å²) in [5, 5.41) is 12.2. The van der Waals surface area contributed by atoms with Crippen LogP contribution in [0.15, 0.2) is 36.4 Å². The first-order valence-electron chi connectivity index (χ1n) is 16.7. The number of carbonyl (C=O) groups excluding carboxylic acids is 2. The van der Waals surface area contributed by atoms with Gasteiger partial charge in [-0.3, -0.25) is 4.79 Å². The molecule has 3 aliphatic heterocycles. The molecular formula is C35H39ClF3N7O4. The van der Waals surface area contributed by atoms with E-state index in [0.29, 0.717) is 62.0 Å². The highest BCUT2D eigenvalue weighted by Crippen LogP contribution is 2.37. The maximum Gasteiger partial charge on any atom is 0.471 e. The van der Waals surface area contributed by atoms with Crippen molar-refractivity contribution in [2.75, 3.05) is 49.1 Å². The molecule has 0 aliphatic carbocycles. The first-order chi connectivity index (χ1) is 23.7. The lowest BCUT2D eigenvalue weighted by molar-refractivity contribution is -0.186. The van der Waals surface area contributed by atoms with Gasteiger partial charge in [0.1, 0.15) is 18.0 Å². The summed E-state index contributed by atoms with van der Waals surface area (Å²) >= 11 is 6.67. The van der Waals surface area contributed by atoms with Crippen LogP contribution in [0.5, 0.6) is 6.01 Å². The van der Waals surface area contributed by atoms with Crippen LogP contribution < -0.4 is 14.5 Å². The molecular weight excluding hydrogens is 675 g/mol. The number of rotatable bonds is 6. The van der Waals surface area contributed by atoms with E-state index in [1.165, 1.54) is 0 Å². The highest BCUT2D eigenvalue weighted by molar-refractivity contribution is 6.36. The number of anilines is 2. The molecule has 0 radical (unpaired) electrons. The summed E-state index contributed by atoms with van der Waals surface area (Å²) in [4.78, 5) is 41.3. The summed E-state index contributed by atoms with van der Waals surface area (Å²) in [7, 11) is 0. The standard InChI is InChI=1S/C35H39ClF3N7O4/c1-34(2,3)50-33(48)46-18-17-44(19-23(46)12-14-40)30-25-13-16-43(28-11-5-8-22-7-4-10-26(36)29(22)28)20-27(25)41-32(42-30)49-21-24-9-6-15-45(24)31(47)35(37,38)39/h4-5,7-8,10-11,23-24H,6,9,12-13,15-21H2,1-3H3/t23-,24-/m0/s1. The van der Waals surface area contributed by atoms with Crippen LogP contribution in [0.2, 0.25) is 5.02 Å². The van der Waals surface area contributed by atoms with Crippen LogP contribution in [0.1, 0.15) is 51.3 Å². The third kappa shape index (κ3) is 7.47. The van der Waals surface area contributed by atoms with Crippen LogP contribution >= 0.6 is 11.6 Å². The SMILES string of the molecule is CC(C)(C)OC(=O)N1CCN(c2nc(OC[C@@H]3CCCN3C(=O)C(F)(F)F)nc3c2CCN(c2cccc4cccc(Cl)c24)C3)C[C@@H]1CC#N. The number of hydrogen-bond acceptors (Lipinski definition) is 9. The minimum atomic E-state index is -4.98. The molecule has 0 unspecified atom stereocenters. The molecule has 2 aromatic carbocycles. The first-order valence-corrected chi connectivity index (χ1v) is 17.1. The fraction of sp³-hybridized carbons (Fsp3) is 0.514. The average Bonchev–Trinajstić information content (AvgIpc) is 3.53. The topological polar surface area (TPSA) is 115 Å². The fourth-order valence-electron chi connectivity index (χ4n) is 6.96. The number of fused-ring (bicyclic) bond motifs is 2. The molecule has 15 heteroatoms. The van der Waals surface area contributed by atoms with Crippen molar-refractivity contribution >= 4 is 45.9 Å².